The van der Waals surface area contributed by atoms with E-state index in [9.17, 15) is 13.6 Å². The fraction of sp³-hybridized carbons (Fsp3) is 0.300. The number of hydrogen-bond acceptors (Lipinski definition) is 7. The smallest absolute Gasteiger partial charge is 0.236 e. The molecule has 1 fully saturated rings. The van der Waals surface area contributed by atoms with Crippen LogP contribution in [0.4, 0.5) is 26.2 Å². The van der Waals surface area contributed by atoms with Crippen molar-refractivity contribution < 1.29 is 13.6 Å². The summed E-state index contributed by atoms with van der Waals surface area (Å²) < 4.78 is 29.1. The molecule has 0 spiro atoms. The molecule has 0 radical (unpaired) electrons. The van der Waals surface area contributed by atoms with Crippen molar-refractivity contribution in [2.75, 3.05) is 29.9 Å². The first-order valence-electron chi connectivity index (χ1n) is 9.72. The predicted octanol–water partition coefficient (Wildman–Crippen LogP) is 1.56. The molecular formula is C20H22F2N8O. The molecule has 3 heterocycles. The monoisotopic (exact) mass is 428 g/mol. The van der Waals surface area contributed by atoms with E-state index in [1.807, 2.05) is 24.8 Å². The lowest BCUT2D eigenvalue weighted by molar-refractivity contribution is -0.120. The van der Waals surface area contributed by atoms with Crippen LogP contribution in [0.2, 0.25) is 0 Å². The van der Waals surface area contributed by atoms with Crippen LogP contribution in [0.5, 0.6) is 0 Å². The van der Waals surface area contributed by atoms with Gasteiger partial charge >= 0.3 is 0 Å². The van der Waals surface area contributed by atoms with Crippen molar-refractivity contribution in [1.29, 1.82) is 0 Å². The van der Waals surface area contributed by atoms with Crippen LogP contribution in [-0.4, -0.2) is 51.3 Å². The number of nitrogens with zero attached hydrogens (tertiary/aromatic N) is 5. The second-order valence-corrected chi connectivity index (χ2v) is 7.35. The summed E-state index contributed by atoms with van der Waals surface area (Å²) in [6, 6.07) is 6.33. The average molecular weight is 428 g/mol. The van der Waals surface area contributed by atoms with E-state index in [1.54, 1.807) is 10.7 Å². The van der Waals surface area contributed by atoms with Crippen LogP contribution >= 0.6 is 0 Å². The van der Waals surface area contributed by atoms with Gasteiger partial charge in [-0.05, 0) is 32.0 Å². The van der Waals surface area contributed by atoms with Crippen molar-refractivity contribution in [1.82, 2.24) is 25.1 Å². The average Bonchev–Trinajstić information content (AvgIpc) is 3.08. The lowest BCUT2D eigenvalue weighted by atomic mass is 10.2. The van der Waals surface area contributed by atoms with Gasteiger partial charge in [0.1, 0.15) is 23.5 Å². The first-order valence-corrected chi connectivity index (χ1v) is 9.72. The van der Waals surface area contributed by atoms with Crippen LogP contribution in [0.3, 0.4) is 0 Å². The Bertz CT molecular complexity index is 1130. The second kappa shape index (κ2) is 8.26. The zero-order chi connectivity index (χ0) is 22.1. The molecule has 3 aromatic rings. The van der Waals surface area contributed by atoms with E-state index < -0.39 is 23.6 Å². The van der Waals surface area contributed by atoms with Crippen molar-refractivity contribution in [3.8, 4) is 5.82 Å². The van der Waals surface area contributed by atoms with Gasteiger partial charge in [-0.15, -0.1) is 0 Å². The molecule has 4 N–H and O–H groups in total. The molecule has 1 amide bonds. The van der Waals surface area contributed by atoms with Crippen LogP contribution in [0, 0.1) is 25.5 Å². The SMILES string of the molecule is Cc1cc(C)n(-c2cc(N3CCNC(C(N)=O)C3)nc(Nc3ccc(F)cc3F)n2)n1. The van der Waals surface area contributed by atoms with Gasteiger partial charge in [-0.3, -0.25) is 4.79 Å². The number of carbonyl (C=O) groups excluding carboxylic acids is 1. The summed E-state index contributed by atoms with van der Waals surface area (Å²) in [5, 5.41) is 10.3. The van der Waals surface area contributed by atoms with Crippen molar-refractivity contribution in [3.63, 3.8) is 0 Å². The number of rotatable bonds is 5. The van der Waals surface area contributed by atoms with Gasteiger partial charge < -0.3 is 21.3 Å². The van der Waals surface area contributed by atoms with E-state index in [4.69, 9.17) is 5.73 Å². The molecule has 1 aliphatic heterocycles. The van der Waals surface area contributed by atoms with Crippen LogP contribution in [-0.2, 0) is 4.79 Å². The third-order valence-electron chi connectivity index (χ3n) is 4.95. The molecule has 1 atom stereocenters. The number of hydrogen-bond donors (Lipinski definition) is 3. The maximum atomic E-state index is 14.2. The first kappa shape index (κ1) is 20.7. The summed E-state index contributed by atoms with van der Waals surface area (Å²) in [4.78, 5) is 22.5. The fourth-order valence-corrected chi connectivity index (χ4v) is 3.47. The van der Waals surface area contributed by atoms with E-state index in [1.165, 1.54) is 6.07 Å². The molecule has 162 valence electrons. The van der Waals surface area contributed by atoms with Crippen LogP contribution in [0.15, 0.2) is 30.3 Å². The third kappa shape index (κ3) is 4.45. The highest BCUT2D eigenvalue weighted by atomic mass is 19.1. The lowest BCUT2D eigenvalue weighted by Crippen LogP contribution is -2.56. The number of nitrogens with one attached hydrogen (secondary N) is 2. The largest absolute Gasteiger partial charge is 0.368 e. The number of benzene rings is 1. The molecule has 31 heavy (non-hydrogen) atoms. The molecule has 0 saturated carbocycles. The molecule has 0 bridgehead atoms. The zero-order valence-corrected chi connectivity index (χ0v) is 17.1. The molecule has 1 aliphatic rings. The van der Waals surface area contributed by atoms with Gasteiger partial charge in [0.15, 0.2) is 5.82 Å². The number of anilines is 3. The number of halogens is 2. The maximum absolute atomic E-state index is 14.2. The van der Waals surface area contributed by atoms with Crippen LogP contribution < -0.4 is 21.3 Å². The summed E-state index contributed by atoms with van der Waals surface area (Å²) in [6.07, 6.45) is 0. The van der Waals surface area contributed by atoms with E-state index >= 15 is 0 Å². The molecule has 9 nitrogen and oxygen atoms in total. The van der Waals surface area contributed by atoms with Crippen LogP contribution in [0.1, 0.15) is 11.4 Å². The lowest BCUT2D eigenvalue weighted by Gasteiger charge is -2.33. The highest BCUT2D eigenvalue weighted by Gasteiger charge is 2.25. The molecule has 1 aromatic carbocycles. The number of amides is 1. The summed E-state index contributed by atoms with van der Waals surface area (Å²) >= 11 is 0. The topological polar surface area (TPSA) is 114 Å². The summed E-state index contributed by atoms with van der Waals surface area (Å²) in [7, 11) is 0. The third-order valence-corrected chi connectivity index (χ3v) is 4.95. The number of aromatic nitrogens is 4. The number of carbonyl (C=O) groups is 1. The molecule has 11 heteroatoms. The molecule has 2 aromatic heterocycles. The highest BCUT2D eigenvalue weighted by Crippen LogP contribution is 2.24. The maximum Gasteiger partial charge on any atom is 0.236 e. The Morgan fingerprint density at radius 1 is 1.19 bits per heavy atom. The van der Waals surface area contributed by atoms with Gasteiger partial charge in [0.25, 0.3) is 0 Å². The highest BCUT2D eigenvalue weighted by molar-refractivity contribution is 5.81. The summed E-state index contributed by atoms with van der Waals surface area (Å²) in [6.45, 7) is 5.21. The minimum Gasteiger partial charge on any atom is -0.368 e. The predicted molar refractivity (Wildman–Crippen MR) is 111 cm³/mol. The first-order chi connectivity index (χ1) is 14.8. The van der Waals surface area contributed by atoms with Crippen molar-refractivity contribution in [3.05, 3.63) is 53.4 Å². The van der Waals surface area contributed by atoms with E-state index in [2.05, 4.69) is 25.7 Å². The Labute approximate surface area is 177 Å². The standard InChI is InChI=1S/C20H22F2N8O/c1-11-7-12(2)30(28-11)18-9-17(29-6-5-24-16(10-29)19(23)31)26-20(27-18)25-15-4-3-13(21)8-14(15)22/h3-4,7-9,16,24H,5-6,10H2,1-2H3,(H2,23,31)(H,25,26,27). The normalized spacial score (nSPS) is 16.4. The Balaban J connectivity index is 1.75. The van der Waals surface area contributed by atoms with Gasteiger partial charge in [-0.25, -0.2) is 13.5 Å². The van der Waals surface area contributed by atoms with Crippen LogP contribution in [0.25, 0.3) is 5.82 Å². The van der Waals surface area contributed by atoms with Gasteiger partial charge in [-0.1, -0.05) is 0 Å². The van der Waals surface area contributed by atoms with Gasteiger partial charge in [0.2, 0.25) is 11.9 Å². The molecule has 1 unspecified atom stereocenters. The minimum atomic E-state index is -0.766. The van der Waals surface area contributed by atoms with E-state index in [0.29, 0.717) is 31.3 Å². The fourth-order valence-electron chi connectivity index (χ4n) is 3.47. The quantitative estimate of drug-likeness (QED) is 0.565. The Kier molecular flexibility index (Phi) is 5.51. The summed E-state index contributed by atoms with van der Waals surface area (Å²) in [5.74, 6) is -0.800. The van der Waals surface area contributed by atoms with Crippen molar-refractivity contribution in [2.45, 2.75) is 19.9 Å². The van der Waals surface area contributed by atoms with Gasteiger partial charge in [0.05, 0.1) is 11.4 Å². The zero-order valence-electron chi connectivity index (χ0n) is 17.1. The molecular weight excluding hydrogens is 406 g/mol. The second-order valence-electron chi connectivity index (χ2n) is 7.35. The Morgan fingerprint density at radius 2 is 1.97 bits per heavy atom. The number of primary amides is 1. The summed E-state index contributed by atoms with van der Waals surface area (Å²) in [5.41, 5.74) is 7.16. The van der Waals surface area contributed by atoms with Crippen molar-refractivity contribution >= 4 is 23.4 Å². The Hall–Kier alpha value is -3.60. The molecule has 0 aliphatic carbocycles. The number of nitrogens with two attached hydrogens (primary N) is 1. The minimum absolute atomic E-state index is 0.0354. The molecule has 1 saturated heterocycles. The molecule has 4 rings (SSSR count). The van der Waals surface area contributed by atoms with E-state index in [-0.39, 0.29) is 11.6 Å². The van der Waals surface area contributed by atoms with Crippen molar-refractivity contribution in [2.24, 2.45) is 5.73 Å². The van der Waals surface area contributed by atoms with Gasteiger partial charge in [0, 0.05) is 37.5 Å². The number of aryl methyl sites for hydroxylation is 2. The van der Waals surface area contributed by atoms with Gasteiger partial charge in [-0.2, -0.15) is 15.1 Å². The van der Waals surface area contributed by atoms with E-state index in [0.717, 1.165) is 23.5 Å². The Morgan fingerprint density at radius 3 is 2.65 bits per heavy atom. The number of piperazine rings is 1.